The van der Waals surface area contributed by atoms with Crippen LogP contribution in [0.1, 0.15) is 11.1 Å². The van der Waals surface area contributed by atoms with Crippen molar-refractivity contribution in [1.82, 2.24) is 0 Å². The predicted molar refractivity (Wildman–Crippen MR) is 96.9 cm³/mol. The fourth-order valence-corrected chi connectivity index (χ4v) is 1.88. The van der Waals surface area contributed by atoms with Crippen molar-refractivity contribution in [2.24, 2.45) is 10.7 Å². The summed E-state index contributed by atoms with van der Waals surface area (Å²) >= 11 is 0. The molecule has 0 unspecified atom stereocenters. The highest BCUT2D eigenvalue weighted by Gasteiger charge is 1.95. The highest BCUT2D eigenvalue weighted by atomic mass is 127. The number of benzene rings is 2. The Hall–Kier alpha value is -1.56. The molecule has 2 rings (SSSR count). The summed E-state index contributed by atoms with van der Waals surface area (Å²) in [6.45, 7) is 2.78. The summed E-state index contributed by atoms with van der Waals surface area (Å²) in [6.07, 6.45) is 0.902. The Balaban J connectivity index is 0.00000200. The zero-order chi connectivity index (χ0) is 13.5. The molecule has 0 aliphatic heterocycles. The van der Waals surface area contributed by atoms with Crippen LogP contribution in [0.15, 0.2) is 59.6 Å². The fourth-order valence-electron chi connectivity index (χ4n) is 1.88. The lowest BCUT2D eigenvalue weighted by Crippen LogP contribution is -2.23. The summed E-state index contributed by atoms with van der Waals surface area (Å²) in [4.78, 5) is 4.33. The van der Waals surface area contributed by atoms with E-state index in [1.54, 1.807) is 0 Å². The van der Waals surface area contributed by atoms with Crippen LogP contribution in [0.2, 0.25) is 0 Å². The number of rotatable bonds is 4. The van der Waals surface area contributed by atoms with Gasteiger partial charge >= 0.3 is 0 Å². The number of para-hydroxylation sites is 1. The third-order valence-electron chi connectivity index (χ3n) is 2.81. The first kappa shape index (κ1) is 16.5. The molecular weight excluding hydrogens is 361 g/mol. The number of hydrogen-bond donors (Lipinski definition) is 2. The van der Waals surface area contributed by atoms with E-state index in [4.69, 9.17) is 5.73 Å². The van der Waals surface area contributed by atoms with E-state index >= 15 is 0 Å². The normalized spacial score (nSPS) is 10.8. The Morgan fingerprint density at radius 2 is 1.85 bits per heavy atom. The van der Waals surface area contributed by atoms with Crippen LogP contribution >= 0.6 is 24.0 Å². The van der Waals surface area contributed by atoms with E-state index in [1.807, 2.05) is 30.3 Å². The first-order valence-electron chi connectivity index (χ1n) is 6.41. The number of nitrogens with two attached hydrogens (primary N) is 1. The van der Waals surface area contributed by atoms with Crippen molar-refractivity contribution in [2.75, 3.05) is 11.9 Å². The van der Waals surface area contributed by atoms with Gasteiger partial charge in [-0.2, -0.15) is 0 Å². The Morgan fingerprint density at radius 3 is 2.55 bits per heavy atom. The maximum Gasteiger partial charge on any atom is 0.193 e. The Bertz CT molecular complexity index is 553. The topological polar surface area (TPSA) is 50.4 Å². The Labute approximate surface area is 137 Å². The summed E-state index contributed by atoms with van der Waals surface area (Å²) < 4.78 is 0. The van der Waals surface area contributed by atoms with E-state index < -0.39 is 0 Å². The number of hydrogen-bond acceptors (Lipinski definition) is 1. The van der Waals surface area contributed by atoms with Gasteiger partial charge in [-0.1, -0.05) is 48.0 Å². The molecule has 20 heavy (non-hydrogen) atoms. The second kappa shape index (κ2) is 8.58. The van der Waals surface area contributed by atoms with E-state index in [0.717, 1.165) is 12.1 Å². The summed E-state index contributed by atoms with van der Waals surface area (Å²) in [6, 6.07) is 18.3. The van der Waals surface area contributed by atoms with Crippen LogP contribution in [-0.4, -0.2) is 12.5 Å². The monoisotopic (exact) mass is 381 g/mol. The van der Waals surface area contributed by atoms with Crippen molar-refractivity contribution < 1.29 is 0 Å². The molecule has 0 radical (unpaired) electrons. The van der Waals surface area contributed by atoms with E-state index in [2.05, 4.69) is 41.5 Å². The Kier molecular flexibility index (Phi) is 7.08. The molecule has 0 spiro atoms. The molecule has 2 aromatic carbocycles. The van der Waals surface area contributed by atoms with Gasteiger partial charge in [0.05, 0.1) is 0 Å². The Morgan fingerprint density at radius 1 is 1.10 bits per heavy atom. The molecule has 0 aliphatic carbocycles. The molecule has 0 bridgehead atoms. The average Bonchev–Trinajstić information content (AvgIpc) is 2.40. The lowest BCUT2D eigenvalue weighted by molar-refractivity contribution is 0.962. The zero-order valence-corrected chi connectivity index (χ0v) is 13.9. The largest absolute Gasteiger partial charge is 0.370 e. The van der Waals surface area contributed by atoms with Crippen LogP contribution in [0.3, 0.4) is 0 Å². The van der Waals surface area contributed by atoms with Gasteiger partial charge in [0.1, 0.15) is 0 Å². The molecule has 106 valence electrons. The van der Waals surface area contributed by atoms with Crippen molar-refractivity contribution in [3.8, 4) is 0 Å². The highest BCUT2D eigenvalue weighted by Crippen LogP contribution is 2.06. The SMILES string of the molecule is Cc1cccc(CCN=C(N)Nc2ccccc2)c1.I. The molecule has 0 heterocycles. The van der Waals surface area contributed by atoms with Gasteiger partial charge in [-0.3, -0.25) is 4.99 Å². The van der Waals surface area contributed by atoms with Crippen molar-refractivity contribution in [1.29, 1.82) is 0 Å². The number of anilines is 1. The van der Waals surface area contributed by atoms with Crippen LogP contribution in [0.25, 0.3) is 0 Å². The summed E-state index contributed by atoms with van der Waals surface area (Å²) in [7, 11) is 0. The van der Waals surface area contributed by atoms with Crippen LogP contribution in [0.5, 0.6) is 0 Å². The quantitative estimate of drug-likeness (QED) is 0.483. The minimum absolute atomic E-state index is 0. The summed E-state index contributed by atoms with van der Waals surface area (Å²) in [5.74, 6) is 0.457. The first-order chi connectivity index (χ1) is 9.24. The third-order valence-corrected chi connectivity index (χ3v) is 2.81. The number of halogens is 1. The van der Waals surface area contributed by atoms with E-state index in [0.29, 0.717) is 12.5 Å². The molecule has 0 aliphatic rings. The zero-order valence-electron chi connectivity index (χ0n) is 11.5. The molecule has 0 aromatic heterocycles. The van der Waals surface area contributed by atoms with Crippen LogP contribution in [0, 0.1) is 6.92 Å². The maximum atomic E-state index is 5.84. The highest BCUT2D eigenvalue weighted by molar-refractivity contribution is 14.0. The summed E-state index contributed by atoms with van der Waals surface area (Å²) in [5, 5.41) is 3.07. The number of nitrogens with zero attached hydrogens (tertiary/aromatic N) is 1. The van der Waals surface area contributed by atoms with E-state index in [-0.39, 0.29) is 24.0 Å². The van der Waals surface area contributed by atoms with Crippen molar-refractivity contribution in [3.63, 3.8) is 0 Å². The molecule has 2 aromatic rings. The van der Waals surface area contributed by atoms with Gasteiger partial charge in [0.25, 0.3) is 0 Å². The number of aryl methyl sites for hydroxylation is 1. The third kappa shape index (κ3) is 5.61. The van der Waals surface area contributed by atoms with Crippen LogP contribution < -0.4 is 11.1 Å². The lowest BCUT2D eigenvalue weighted by atomic mass is 10.1. The van der Waals surface area contributed by atoms with Gasteiger partial charge in [-0.05, 0) is 31.0 Å². The molecule has 3 N–H and O–H groups in total. The molecule has 0 saturated carbocycles. The number of aliphatic imine (C=N–C) groups is 1. The van der Waals surface area contributed by atoms with Gasteiger partial charge in [-0.25, -0.2) is 0 Å². The van der Waals surface area contributed by atoms with Gasteiger partial charge < -0.3 is 11.1 Å². The molecule has 0 amide bonds. The molecule has 3 nitrogen and oxygen atoms in total. The van der Waals surface area contributed by atoms with Crippen molar-refractivity contribution in [2.45, 2.75) is 13.3 Å². The second-order valence-electron chi connectivity index (χ2n) is 4.50. The molecule has 4 heteroatoms. The maximum absolute atomic E-state index is 5.84. The first-order valence-corrected chi connectivity index (χ1v) is 6.41. The van der Waals surface area contributed by atoms with Gasteiger partial charge in [0, 0.05) is 12.2 Å². The van der Waals surface area contributed by atoms with Crippen molar-refractivity contribution in [3.05, 3.63) is 65.7 Å². The molecular formula is C16H20IN3. The molecule has 0 saturated heterocycles. The van der Waals surface area contributed by atoms with E-state index in [1.165, 1.54) is 11.1 Å². The number of nitrogens with one attached hydrogen (secondary N) is 1. The molecule has 0 atom stereocenters. The second-order valence-corrected chi connectivity index (χ2v) is 4.50. The van der Waals surface area contributed by atoms with Gasteiger partial charge in [-0.15, -0.1) is 24.0 Å². The standard InChI is InChI=1S/C16H19N3.HI/c1-13-6-5-7-14(12-13)10-11-18-16(17)19-15-8-3-2-4-9-15;/h2-9,12H,10-11H2,1H3,(H3,17,18,19);1H. The summed E-state index contributed by atoms with van der Waals surface area (Å²) in [5.41, 5.74) is 9.36. The van der Waals surface area contributed by atoms with Crippen molar-refractivity contribution >= 4 is 35.6 Å². The van der Waals surface area contributed by atoms with Crippen LogP contribution in [-0.2, 0) is 6.42 Å². The predicted octanol–water partition coefficient (Wildman–Crippen LogP) is 3.58. The minimum atomic E-state index is 0. The minimum Gasteiger partial charge on any atom is -0.370 e. The number of guanidine groups is 1. The molecule has 0 fully saturated rings. The van der Waals surface area contributed by atoms with E-state index in [9.17, 15) is 0 Å². The van der Waals surface area contributed by atoms with Gasteiger partial charge in [0.2, 0.25) is 0 Å². The van der Waals surface area contributed by atoms with Gasteiger partial charge in [0.15, 0.2) is 5.96 Å². The smallest absolute Gasteiger partial charge is 0.193 e. The lowest BCUT2D eigenvalue weighted by Gasteiger charge is -2.05. The average molecular weight is 381 g/mol. The fraction of sp³-hybridized carbons (Fsp3) is 0.188. The van der Waals surface area contributed by atoms with Crippen LogP contribution in [0.4, 0.5) is 5.69 Å².